The van der Waals surface area contributed by atoms with Crippen LogP contribution < -0.4 is 15.4 Å². The molecule has 1 aliphatic rings. The molecule has 1 aliphatic carbocycles. The molecule has 2 aromatic rings. The minimum atomic E-state index is -0.275. The number of ether oxygens (including phenoxy) is 1. The number of anilines is 2. The maximum absolute atomic E-state index is 12.5. The van der Waals surface area contributed by atoms with Crippen molar-refractivity contribution in [3.63, 3.8) is 0 Å². The Morgan fingerprint density at radius 1 is 1.00 bits per heavy atom. The van der Waals surface area contributed by atoms with Crippen molar-refractivity contribution in [2.45, 2.75) is 33.1 Å². The molecule has 2 unspecified atom stereocenters. The van der Waals surface area contributed by atoms with E-state index >= 15 is 0 Å². The predicted molar refractivity (Wildman–Crippen MR) is 107 cm³/mol. The number of amides is 2. The lowest BCUT2D eigenvalue weighted by atomic mass is 10.0. The van der Waals surface area contributed by atoms with Crippen LogP contribution >= 0.6 is 0 Å². The quantitative estimate of drug-likeness (QED) is 0.762. The molecular formula is C22H26N2O3. The van der Waals surface area contributed by atoms with E-state index in [1.807, 2.05) is 43.3 Å². The van der Waals surface area contributed by atoms with Crippen LogP contribution in [-0.4, -0.2) is 18.4 Å². The van der Waals surface area contributed by atoms with Crippen molar-refractivity contribution in [3.05, 3.63) is 54.1 Å². The second-order valence-corrected chi connectivity index (χ2v) is 7.13. The van der Waals surface area contributed by atoms with Crippen molar-refractivity contribution < 1.29 is 14.3 Å². The molecule has 3 rings (SSSR count). The van der Waals surface area contributed by atoms with Gasteiger partial charge in [0.15, 0.2) is 0 Å². The number of nitrogens with one attached hydrogen (secondary N) is 2. The fourth-order valence-corrected chi connectivity index (χ4v) is 3.15. The summed E-state index contributed by atoms with van der Waals surface area (Å²) in [7, 11) is 0. The van der Waals surface area contributed by atoms with E-state index in [9.17, 15) is 9.59 Å². The zero-order valence-electron chi connectivity index (χ0n) is 16.0. The lowest BCUT2D eigenvalue weighted by Crippen LogP contribution is -2.21. The number of rotatable bonds is 7. The van der Waals surface area contributed by atoms with Crippen molar-refractivity contribution in [2.75, 3.05) is 17.2 Å². The number of para-hydroxylation sites is 1. The van der Waals surface area contributed by atoms with E-state index < -0.39 is 0 Å². The summed E-state index contributed by atoms with van der Waals surface area (Å²) in [6.07, 6.45) is 0.582. The van der Waals surface area contributed by atoms with Crippen LogP contribution in [-0.2, 0) is 9.59 Å². The Balaban J connectivity index is 1.55. The summed E-state index contributed by atoms with van der Waals surface area (Å²) in [5.41, 5.74) is 2.64. The SMILES string of the molecule is CCOc1ccc(NC(=O)C2CC2C(=O)Nc2ccccc2C(C)C)cc1. The van der Waals surface area contributed by atoms with Gasteiger partial charge in [0.1, 0.15) is 5.75 Å². The highest BCUT2D eigenvalue weighted by atomic mass is 16.5. The Morgan fingerprint density at radius 3 is 2.26 bits per heavy atom. The van der Waals surface area contributed by atoms with E-state index in [1.54, 1.807) is 12.1 Å². The van der Waals surface area contributed by atoms with Gasteiger partial charge in [-0.05, 0) is 55.2 Å². The van der Waals surface area contributed by atoms with Crippen LogP contribution in [0, 0.1) is 11.8 Å². The molecule has 0 radical (unpaired) electrons. The third-order valence-electron chi connectivity index (χ3n) is 4.74. The molecule has 1 fully saturated rings. The molecule has 5 heteroatoms. The summed E-state index contributed by atoms with van der Waals surface area (Å²) >= 11 is 0. The predicted octanol–water partition coefficient (Wildman–Crippen LogP) is 4.42. The molecule has 2 atom stereocenters. The molecule has 0 saturated heterocycles. The van der Waals surface area contributed by atoms with Crippen LogP contribution in [0.25, 0.3) is 0 Å². The number of carbonyl (C=O) groups excluding carboxylic acids is 2. The largest absolute Gasteiger partial charge is 0.494 e. The van der Waals surface area contributed by atoms with Gasteiger partial charge in [0.2, 0.25) is 11.8 Å². The summed E-state index contributed by atoms with van der Waals surface area (Å²) in [5, 5.41) is 5.87. The number of benzene rings is 2. The summed E-state index contributed by atoms with van der Waals surface area (Å²) < 4.78 is 5.39. The third kappa shape index (κ3) is 4.67. The summed E-state index contributed by atoms with van der Waals surface area (Å²) in [6, 6.07) is 15.0. The third-order valence-corrected chi connectivity index (χ3v) is 4.74. The Kier molecular flexibility index (Phi) is 5.79. The smallest absolute Gasteiger partial charge is 0.228 e. The van der Waals surface area contributed by atoms with Gasteiger partial charge in [0, 0.05) is 11.4 Å². The van der Waals surface area contributed by atoms with E-state index in [-0.39, 0.29) is 23.7 Å². The molecular weight excluding hydrogens is 340 g/mol. The van der Waals surface area contributed by atoms with E-state index in [0.29, 0.717) is 24.6 Å². The minimum absolute atomic E-state index is 0.0880. The molecule has 0 aliphatic heterocycles. The average Bonchev–Trinajstić information content (AvgIpc) is 3.45. The van der Waals surface area contributed by atoms with Crippen molar-refractivity contribution in [1.82, 2.24) is 0 Å². The fraction of sp³-hybridized carbons (Fsp3) is 0.364. The highest BCUT2D eigenvalue weighted by Crippen LogP contribution is 2.40. The van der Waals surface area contributed by atoms with E-state index in [1.165, 1.54) is 0 Å². The van der Waals surface area contributed by atoms with Crippen LogP contribution in [0.3, 0.4) is 0 Å². The lowest BCUT2D eigenvalue weighted by molar-refractivity contribution is -0.122. The molecule has 2 N–H and O–H groups in total. The van der Waals surface area contributed by atoms with Gasteiger partial charge in [-0.1, -0.05) is 32.0 Å². The highest BCUT2D eigenvalue weighted by Gasteiger charge is 2.48. The van der Waals surface area contributed by atoms with Crippen LogP contribution in [0.5, 0.6) is 5.75 Å². The number of carbonyl (C=O) groups is 2. The first kappa shape index (κ1) is 19.0. The van der Waals surface area contributed by atoms with Crippen LogP contribution in [0.15, 0.2) is 48.5 Å². The second-order valence-electron chi connectivity index (χ2n) is 7.13. The zero-order valence-corrected chi connectivity index (χ0v) is 16.0. The average molecular weight is 366 g/mol. The number of hydrogen-bond acceptors (Lipinski definition) is 3. The van der Waals surface area contributed by atoms with E-state index in [2.05, 4.69) is 24.5 Å². The minimum Gasteiger partial charge on any atom is -0.494 e. The molecule has 0 bridgehead atoms. The second kappa shape index (κ2) is 8.25. The Hall–Kier alpha value is -2.82. The van der Waals surface area contributed by atoms with Crippen LogP contribution in [0.2, 0.25) is 0 Å². The summed E-state index contributed by atoms with van der Waals surface area (Å²) in [5.74, 6) is 0.338. The first-order valence-electron chi connectivity index (χ1n) is 9.43. The maximum Gasteiger partial charge on any atom is 0.228 e. The van der Waals surface area contributed by atoms with Crippen molar-refractivity contribution in [1.29, 1.82) is 0 Å². The first-order chi connectivity index (χ1) is 13.0. The molecule has 142 valence electrons. The Bertz CT molecular complexity index is 815. The lowest BCUT2D eigenvalue weighted by Gasteiger charge is -2.13. The monoisotopic (exact) mass is 366 g/mol. The van der Waals surface area contributed by atoms with Crippen LogP contribution in [0.1, 0.15) is 38.7 Å². The van der Waals surface area contributed by atoms with Gasteiger partial charge in [-0.25, -0.2) is 0 Å². The van der Waals surface area contributed by atoms with Gasteiger partial charge in [-0.2, -0.15) is 0 Å². The van der Waals surface area contributed by atoms with Gasteiger partial charge >= 0.3 is 0 Å². The Morgan fingerprint density at radius 2 is 1.63 bits per heavy atom. The number of hydrogen-bond donors (Lipinski definition) is 2. The standard InChI is InChI=1S/C22H26N2O3/c1-4-27-16-11-9-15(10-12-16)23-21(25)18-13-19(18)22(26)24-20-8-6-5-7-17(20)14(2)3/h5-12,14,18-19H,4,13H2,1-3H3,(H,23,25)(H,24,26). The van der Waals surface area contributed by atoms with Gasteiger partial charge in [0.25, 0.3) is 0 Å². The van der Waals surface area contributed by atoms with Gasteiger partial charge < -0.3 is 15.4 Å². The van der Waals surface area contributed by atoms with Gasteiger partial charge in [-0.3, -0.25) is 9.59 Å². The molecule has 2 aromatic carbocycles. The molecule has 0 spiro atoms. The normalized spacial score (nSPS) is 18.1. The highest BCUT2D eigenvalue weighted by molar-refractivity contribution is 6.03. The van der Waals surface area contributed by atoms with Gasteiger partial charge in [0.05, 0.1) is 18.4 Å². The van der Waals surface area contributed by atoms with Crippen molar-refractivity contribution in [3.8, 4) is 5.75 Å². The molecule has 5 nitrogen and oxygen atoms in total. The molecule has 0 aromatic heterocycles. The van der Waals surface area contributed by atoms with E-state index in [0.717, 1.165) is 17.0 Å². The first-order valence-corrected chi connectivity index (χ1v) is 9.43. The summed E-state index contributed by atoms with van der Waals surface area (Å²) in [4.78, 5) is 24.9. The molecule has 27 heavy (non-hydrogen) atoms. The van der Waals surface area contributed by atoms with Gasteiger partial charge in [-0.15, -0.1) is 0 Å². The van der Waals surface area contributed by atoms with E-state index in [4.69, 9.17) is 4.74 Å². The maximum atomic E-state index is 12.5. The molecule has 2 amide bonds. The van der Waals surface area contributed by atoms with Crippen molar-refractivity contribution in [2.24, 2.45) is 11.8 Å². The van der Waals surface area contributed by atoms with Crippen molar-refractivity contribution >= 4 is 23.2 Å². The molecule has 1 saturated carbocycles. The fourth-order valence-electron chi connectivity index (χ4n) is 3.15. The summed E-state index contributed by atoms with van der Waals surface area (Å²) in [6.45, 7) is 6.71. The molecule has 0 heterocycles. The zero-order chi connectivity index (χ0) is 19.4. The topological polar surface area (TPSA) is 67.4 Å². The van der Waals surface area contributed by atoms with Crippen LogP contribution in [0.4, 0.5) is 11.4 Å². The Labute approximate surface area is 160 Å².